The molecule has 0 amide bonds. The zero-order valence-corrected chi connectivity index (χ0v) is 9.85. The molecule has 1 atom stereocenters. The summed E-state index contributed by atoms with van der Waals surface area (Å²) in [5.41, 5.74) is 0.116. The van der Waals surface area contributed by atoms with Crippen molar-refractivity contribution < 1.29 is 0 Å². The Kier molecular flexibility index (Phi) is 3.24. The molecule has 2 nitrogen and oxygen atoms in total. The third-order valence-corrected chi connectivity index (χ3v) is 3.40. The van der Waals surface area contributed by atoms with E-state index in [4.69, 9.17) is 6.42 Å². The third-order valence-electron chi connectivity index (χ3n) is 3.40. The fourth-order valence-electron chi connectivity index (χ4n) is 1.85. The van der Waals surface area contributed by atoms with Gasteiger partial charge >= 0.3 is 0 Å². The van der Waals surface area contributed by atoms with Gasteiger partial charge in [-0.15, -0.1) is 6.42 Å². The van der Waals surface area contributed by atoms with Crippen LogP contribution in [0.1, 0.15) is 34.1 Å². The number of hydrogen-bond donors (Lipinski definition) is 1. The summed E-state index contributed by atoms with van der Waals surface area (Å²) in [5, 5.41) is 3.56. The average Bonchev–Trinajstić information content (AvgIpc) is 2.18. The molecule has 14 heavy (non-hydrogen) atoms. The van der Waals surface area contributed by atoms with Crippen LogP contribution in [0, 0.1) is 12.3 Å². The minimum atomic E-state index is -0.113. The van der Waals surface area contributed by atoms with Crippen molar-refractivity contribution in [2.75, 3.05) is 19.6 Å². The lowest BCUT2D eigenvalue weighted by molar-refractivity contribution is 0.0812. The van der Waals surface area contributed by atoms with Crippen LogP contribution in [0.25, 0.3) is 0 Å². The van der Waals surface area contributed by atoms with Crippen LogP contribution in [0.5, 0.6) is 0 Å². The standard InChI is InChI=1S/C12H22N2/c1-6-11(3,4)14-9-8-13-12(5,7-2)10-14/h1,13H,7-10H2,2-5H3. The summed E-state index contributed by atoms with van der Waals surface area (Å²) < 4.78 is 0. The molecule has 0 saturated carbocycles. The predicted molar refractivity (Wildman–Crippen MR) is 61.2 cm³/mol. The van der Waals surface area contributed by atoms with Crippen molar-refractivity contribution in [3.8, 4) is 12.3 Å². The van der Waals surface area contributed by atoms with Crippen LogP contribution in [0.2, 0.25) is 0 Å². The Hall–Kier alpha value is -0.520. The second-order valence-electron chi connectivity index (χ2n) is 4.97. The van der Waals surface area contributed by atoms with Gasteiger partial charge in [0.15, 0.2) is 0 Å². The molecule has 1 unspecified atom stereocenters. The maximum absolute atomic E-state index is 5.56. The lowest BCUT2D eigenvalue weighted by atomic mass is 9.92. The molecule has 1 fully saturated rings. The zero-order valence-electron chi connectivity index (χ0n) is 9.85. The van der Waals surface area contributed by atoms with E-state index >= 15 is 0 Å². The number of terminal acetylenes is 1. The first kappa shape index (κ1) is 11.6. The monoisotopic (exact) mass is 194 g/mol. The molecule has 1 heterocycles. The van der Waals surface area contributed by atoms with Crippen LogP contribution in [-0.4, -0.2) is 35.6 Å². The molecule has 0 spiro atoms. The van der Waals surface area contributed by atoms with Crippen molar-refractivity contribution in [2.24, 2.45) is 0 Å². The molecule has 1 aliphatic heterocycles. The average molecular weight is 194 g/mol. The van der Waals surface area contributed by atoms with E-state index in [1.807, 2.05) is 0 Å². The SMILES string of the molecule is C#CC(C)(C)N1CCNC(C)(CC)C1. The van der Waals surface area contributed by atoms with Crippen molar-refractivity contribution in [1.29, 1.82) is 0 Å². The first-order valence-corrected chi connectivity index (χ1v) is 5.41. The van der Waals surface area contributed by atoms with Gasteiger partial charge in [0, 0.05) is 25.2 Å². The molecular formula is C12H22N2. The summed E-state index contributed by atoms with van der Waals surface area (Å²) in [4.78, 5) is 2.40. The molecule has 1 rings (SSSR count). The Bertz CT molecular complexity index is 239. The highest BCUT2D eigenvalue weighted by Gasteiger charge is 2.34. The van der Waals surface area contributed by atoms with E-state index in [-0.39, 0.29) is 11.1 Å². The van der Waals surface area contributed by atoms with Crippen LogP contribution in [0.4, 0.5) is 0 Å². The van der Waals surface area contributed by atoms with Gasteiger partial charge in [-0.25, -0.2) is 0 Å². The number of piperazine rings is 1. The van der Waals surface area contributed by atoms with Crippen LogP contribution in [-0.2, 0) is 0 Å². The number of rotatable bonds is 2. The summed E-state index contributed by atoms with van der Waals surface area (Å²) >= 11 is 0. The van der Waals surface area contributed by atoms with Crippen molar-refractivity contribution in [1.82, 2.24) is 10.2 Å². The van der Waals surface area contributed by atoms with Gasteiger partial charge in [0.1, 0.15) is 0 Å². The van der Waals surface area contributed by atoms with Crippen LogP contribution in [0.15, 0.2) is 0 Å². The summed E-state index contributed by atoms with van der Waals surface area (Å²) in [6.45, 7) is 11.9. The van der Waals surface area contributed by atoms with E-state index in [2.05, 4.69) is 43.8 Å². The highest BCUT2D eigenvalue weighted by atomic mass is 15.3. The summed E-state index contributed by atoms with van der Waals surface area (Å²) in [7, 11) is 0. The summed E-state index contributed by atoms with van der Waals surface area (Å²) in [5.74, 6) is 2.87. The molecule has 0 radical (unpaired) electrons. The van der Waals surface area contributed by atoms with Crippen molar-refractivity contribution in [2.45, 2.75) is 45.2 Å². The normalized spacial score (nSPS) is 29.9. The summed E-state index contributed by atoms with van der Waals surface area (Å²) in [6.07, 6.45) is 6.70. The molecule has 1 N–H and O–H groups in total. The van der Waals surface area contributed by atoms with E-state index in [0.717, 1.165) is 26.1 Å². The van der Waals surface area contributed by atoms with Crippen LogP contribution >= 0.6 is 0 Å². The first-order valence-electron chi connectivity index (χ1n) is 5.41. The van der Waals surface area contributed by atoms with Gasteiger partial charge in [0.25, 0.3) is 0 Å². The lowest BCUT2D eigenvalue weighted by Gasteiger charge is -2.46. The van der Waals surface area contributed by atoms with Crippen molar-refractivity contribution in [3.05, 3.63) is 0 Å². The maximum atomic E-state index is 5.56. The minimum Gasteiger partial charge on any atom is -0.309 e. The van der Waals surface area contributed by atoms with E-state index in [1.165, 1.54) is 0 Å². The molecule has 0 aliphatic carbocycles. The molecule has 0 aromatic heterocycles. The van der Waals surface area contributed by atoms with Gasteiger partial charge in [0.2, 0.25) is 0 Å². The molecule has 80 valence electrons. The smallest absolute Gasteiger partial charge is 0.0767 e. The fraction of sp³-hybridized carbons (Fsp3) is 0.833. The van der Waals surface area contributed by atoms with Gasteiger partial charge < -0.3 is 5.32 Å². The topological polar surface area (TPSA) is 15.3 Å². The predicted octanol–water partition coefficient (Wildman–Crippen LogP) is 1.47. The second kappa shape index (κ2) is 3.92. The molecular weight excluding hydrogens is 172 g/mol. The first-order chi connectivity index (χ1) is 6.43. The van der Waals surface area contributed by atoms with Gasteiger partial charge in [-0.1, -0.05) is 12.8 Å². The van der Waals surface area contributed by atoms with Gasteiger partial charge in [-0.2, -0.15) is 0 Å². The number of hydrogen-bond acceptors (Lipinski definition) is 2. The largest absolute Gasteiger partial charge is 0.309 e. The molecule has 1 saturated heterocycles. The Morgan fingerprint density at radius 2 is 2.21 bits per heavy atom. The van der Waals surface area contributed by atoms with E-state index in [0.29, 0.717) is 0 Å². The minimum absolute atomic E-state index is 0.113. The van der Waals surface area contributed by atoms with Crippen LogP contribution in [0.3, 0.4) is 0 Å². The van der Waals surface area contributed by atoms with E-state index in [1.54, 1.807) is 0 Å². The highest BCUT2D eigenvalue weighted by molar-refractivity contribution is 5.10. The third kappa shape index (κ3) is 2.29. The molecule has 0 aromatic carbocycles. The molecule has 0 bridgehead atoms. The van der Waals surface area contributed by atoms with Gasteiger partial charge in [0.05, 0.1) is 5.54 Å². The Labute approximate surface area is 88.1 Å². The quantitative estimate of drug-likeness (QED) is 0.670. The lowest BCUT2D eigenvalue weighted by Crippen LogP contribution is -2.62. The molecule has 2 heteroatoms. The highest BCUT2D eigenvalue weighted by Crippen LogP contribution is 2.21. The van der Waals surface area contributed by atoms with Crippen molar-refractivity contribution >= 4 is 0 Å². The number of nitrogens with zero attached hydrogens (tertiary/aromatic N) is 1. The Balaban J connectivity index is 2.71. The molecule has 0 aromatic rings. The Morgan fingerprint density at radius 3 is 2.71 bits per heavy atom. The maximum Gasteiger partial charge on any atom is 0.0767 e. The molecule has 1 aliphatic rings. The van der Waals surface area contributed by atoms with Crippen LogP contribution < -0.4 is 5.32 Å². The van der Waals surface area contributed by atoms with Gasteiger partial charge in [-0.3, -0.25) is 4.90 Å². The Morgan fingerprint density at radius 1 is 1.57 bits per heavy atom. The zero-order chi connectivity index (χ0) is 10.8. The number of nitrogens with one attached hydrogen (secondary N) is 1. The van der Waals surface area contributed by atoms with Gasteiger partial charge in [-0.05, 0) is 27.2 Å². The van der Waals surface area contributed by atoms with E-state index in [9.17, 15) is 0 Å². The summed E-state index contributed by atoms with van der Waals surface area (Å²) in [6, 6.07) is 0. The second-order valence-corrected chi connectivity index (χ2v) is 4.97. The van der Waals surface area contributed by atoms with Crippen molar-refractivity contribution in [3.63, 3.8) is 0 Å². The van der Waals surface area contributed by atoms with E-state index < -0.39 is 0 Å². The fourth-order valence-corrected chi connectivity index (χ4v) is 1.85.